The minimum absolute atomic E-state index is 0.121. The van der Waals surface area contributed by atoms with E-state index >= 15 is 0 Å². The lowest BCUT2D eigenvalue weighted by atomic mass is 10.0. The lowest BCUT2D eigenvalue weighted by molar-refractivity contribution is 0.346. The maximum atomic E-state index is 5.87. The predicted molar refractivity (Wildman–Crippen MR) is 72.1 cm³/mol. The van der Waals surface area contributed by atoms with Crippen LogP contribution in [0.4, 0.5) is 0 Å². The van der Waals surface area contributed by atoms with Gasteiger partial charge in [0.15, 0.2) is 11.5 Å². The molecule has 0 aromatic heterocycles. The molecule has 0 bridgehead atoms. The van der Waals surface area contributed by atoms with Crippen molar-refractivity contribution in [1.29, 1.82) is 0 Å². The molecule has 4 nitrogen and oxygen atoms in total. The van der Waals surface area contributed by atoms with E-state index in [2.05, 4.69) is 5.32 Å². The van der Waals surface area contributed by atoms with Gasteiger partial charge in [0, 0.05) is 18.2 Å². The fourth-order valence-corrected chi connectivity index (χ4v) is 2.14. The zero-order valence-electron chi connectivity index (χ0n) is 11.1. The Kier molecular flexibility index (Phi) is 4.44. The smallest absolute Gasteiger partial charge is 0.165 e. The maximum absolute atomic E-state index is 5.87. The van der Waals surface area contributed by atoms with Crippen LogP contribution >= 0.6 is 0 Å². The van der Waals surface area contributed by atoms with Crippen molar-refractivity contribution in [3.05, 3.63) is 23.8 Å². The maximum Gasteiger partial charge on any atom is 0.165 e. The van der Waals surface area contributed by atoms with Crippen molar-refractivity contribution >= 4 is 0 Å². The van der Waals surface area contributed by atoms with Gasteiger partial charge in [-0.05, 0) is 31.4 Å². The Morgan fingerprint density at radius 3 is 2.67 bits per heavy atom. The Bertz CT molecular complexity index is 391. The summed E-state index contributed by atoms with van der Waals surface area (Å²) >= 11 is 0. The van der Waals surface area contributed by atoms with Crippen LogP contribution in [0.3, 0.4) is 0 Å². The number of nitrogens with two attached hydrogens (primary N) is 1. The van der Waals surface area contributed by atoms with Crippen LogP contribution in [0.2, 0.25) is 0 Å². The molecule has 0 amide bonds. The summed E-state index contributed by atoms with van der Waals surface area (Å²) < 4.78 is 10.8. The molecule has 2 rings (SSSR count). The Balaban J connectivity index is 2.16. The largest absolute Gasteiger partial charge is 0.493 e. The molecule has 1 atom stereocenters. The first-order valence-electron chi connectivity index (χ1n) is 6.44. The highest BCUT2D eigenvalue weighted by molar-refractivity contribution is 5.48. The molecule has 0 spiro atoms. The fourth-order valence-electron chi connectivity index (χ4n) is 2.14. The second kappa shape index (κ2) is 6.07. The summed E-state index contributed by atoms with van der Waals surface area (Å²) in [6, 6.07) is 6.03. The van der Waals surface area contributed by atoms with Gasteiger partial charge < -0.3 is 20.5 Å². The molecule has 1 aliphatic carbocycles. The summed E-state index contributed by atoms with van der Waals surface area (Å²) in [7, 11) is 3.31. The summed E-state index contributed by atoms with van der Waals surface area (Å²) in [4.78, 5) is 0. The molecule has 1 aromatic carbocycles. The van der Waals surface area contributed by atoms with Crippen LogP contribution in [0.5, 0.6) is 11.5 Å². The average Bonchev–Trinajstić information content (AvgIpc) is 3.23. The molecule has 1 aromatic rings. The van der Waals surface area contributed by atoms with Crippen molar-refractivity contribution in [2.45, 2.75) is 18.9 Å². The number of benzene rings is 1. The minimum Gasteiger partial charge on any atom is -0.493 e. The molecule has 1 aliphatic rings. The van der Waals surface area contributed by atoms with Gasteiger partial charge in [0.1, 0.15) is 0 Å². The highest BCUT2D eigenvalue weighted by Crippen LogP contribution is 2.35. The molecular weight excluding hydrogens is 228 g/mol. The average molecular weight is 250 g/mol. The molecule has 18 heavy (non-hydrogen) atoms. The van der Waals surface area contributed by atoms with E-state index in [-0.39, 0.29) is 6.04 Å². The van der Waals surface area contributed by atoms with Gasteiger partial charge in [-0.2, -0.15) is 0 Å². The van der Waals surface area contributed by atoms with Crippen molar-refractivity contribution in [3.63, 3.8) is 0 Å². The molecule has 0 heterocycles. The van der Waals surface area contributed by atoms with Crippen molar-refractivity contribution in [2.24, 2.45) is 11.7 Å². The Labute approximate surface area is 108 Å². The molecule has 3 N–H and O–H groups in total. The molecule has 4 heteroatoms. The lowest BCUT2D eigenvalue weighted by Gasteiger charge is -2.21. The van der Waals surface area contributed by atoms with Crippen LogP contribution in [-0.2, 0) is 0 Å². The predicted octanol–water partition coefficient (Wildman–Crippen LogP) is 1.70. The molecule has 0 aliphatic heterocycles. The lowest BCUT2D eigenvalue weighted by Crippen LogP contribution is -2.30. The quantitative estimate of drug-likeness (QED) is 0.773. The van der Waals surface area contributed by atoms with Gasteiger partial charge in [0.2, 0.25) is 0 Å². The van der Waals surface area contributed by atoms with Crippen LogP contribution in [0.15, 0.2) is 18.2 Å². The van der Waals surface area contributed by atoms with Gasteiger partial charge >= 0.3 is 0 Å². The van der Waals surface area contributed by atoms with Gasteiger partial charge in [0.05, 0.1) is 14.2 Å². The Morgan fingerprint density at radius 1 is 1.33 bits per heavy atom. The number of ether oxygens (including phenoxy) is 2. The topological polar surface area (TPSA) is 56.5 Å². The minimum atomic E-state index is 0.121. The monoisotopic (exact) mass is 250 g/mol. The van der Waals surface area contributed by atoms with E-state index in [1.807, 2.05) is 18.2 Å². The first-order valence-corrected chi connectivity index (χ1v) is 6.44. The second-order valence-electron chi connectivity index (χ2n) is 4.72. The van der Waals surface area contributed by atoms with Gasteiger partial charge in [-0.25, -0.2) is 0 Å². The molecule has 1 fully saturated rings. The van der Waals surface area contributed by atoms with Crippen LogP contribution in [0.25, 0.3) is 0 Å². The molecule has 1 unspecified atom stereocenters. The molecule has 100 valence electrons. The second-order valence-corrected chi connectivity index (χ2v) is 4.72. The number of hydrogen-bond acceptors (Lipinski definition) is 4. The highest BCUT2D eigenvalue weighted by Gasteiger charge is 2.24. The molecule has 0 radical (unpaired) electrons. The zero-order valence-corrected chi connectivity index (χ0v) is 11.1. The SMILES string of the molecule is COc1cccc(C(CN)NCC2CC2)c1OC. The van der Waals surface area contributed by atoms with Crippen LogP contribution in [0.1, 0.15) is 24.4 Å². The first kappa shape index (κ1) is 13.2. The van der Waals surface area contributed by atoms with Gasteiger partial charge in [-0.15, -0.1) is 0 Å². The van der Waals surface area contributed by atoms with Crippen LogP contribution in [-0.4, -0.2) is 27.3 Å². The number of methoxy groups -OCH3 is 2. The third-order valence-electron chi connectivity index (χ3n) is 3.39. The van der Waals surface area contributed by atoms with Crippen molar-refractivity contribution in [2.75, 3.05) is 27.3 Å². The van der Waals surface area contributed by atoms with E-state index in [9.17, 15) is 0 Å². The normalized spacial score (nSPS) is 16.4. The van der Waals surface area contributed by atoms with E-state index in [4.69, 9.17) is 15.2 Å². The van der Waals surface area contributed by atoms with Gasteiger partial charge in [-0.3, -0.25) is 0 Å². The summed E-state index contributed by atoms with van der Waals surface area (Å²) in [5.74, 6) is 2.36. The van der Waals surface area contributed by atoms with E-state index in [1.54, 1.807) is 14.2 Å². The van der Waals surface area contributed by atoms with Crippen LogP contribution in [0, 0.1) is 5.92 Å². The fraction of sp³-hybridized carbons (Fsp3) is 0.571. The third kappa shape index (κ3) is 2.94. The van der Waals surface area contributed by atoms with E-state index in [0.717, 1.165) is 29.5 Å². The molecular formula is C14H22N2O2. The summed E-state index contributed by atoms with van der Waals surface area (Å²) in [6.45, 7) is 1.58. The van der Waals surface area contributed by atoms with Crippen molar-refractivity contribution < 1.29 is 9.47 Å². The number of nitrogens with one attached hydrogen (secondary N) is 1. The van der Waals surface area contributed by atoms with E-state index < -0.39 is 0 Å². The third-order valence-corrected chi connectivity index (χ3v) is 3.39. The molecule has 1 saturated carbocycles. The highest BCUT2D eigenvalue weighted by atomic mass is 16.5. The van der Waals surface area contributed by atoms with E-state index in [1.165, 1.54) is 12.8 Å². The van der Waals surface area contributed by atoms with Gasteiger partial charge in [-0.1, -0.05) is 12.1 Å². The van der Waals surface area contributed by atoms with Crippen molar-refractivity contribution in [3.8, 4) is 11.5 Å². The van der Waals surface area contributed by atoms with Gasteiger partial charge in [0.25, 0.3) is 0 Å². The van der Waals surface area contributed by atoms with Crippen LogP contribution < -0.4 is 20.5 Å². The number of para-hydroxylation sites is 1. The zero-order chi connectivity index (χ0) is 13.0. The summed E-state index contributed by atoms with van der Waals surface area (Å²) in [5.41, 5.74) is 6.94. The first-order chi connectivity index (χ1) is 8.80. The summed E-state index contributed by atoms with van der Waals surface area (Å²) in [6.07, 6.45) is 2.67. The standard InChI is InChI=1S/C14H22N2O2/c1-17-13-5-3-4-11(14(13)18-2)12(8-15)16-9-10-6-7-10/h3-5,10,12,16H,6-9,15H2,1-2H3. The Morgan fingerprint density at radius 2 is 2.11 bits per heavy atom. The molecule has 0 saturated heterocycles. The number of hydrogen-bond donors (Lipinski definition) is 2. The summed E-state index contributed by atoms with van der Waals surface area (Å²) in [5, 5.41) is 3.51. The van der Waals surface area contributed by atoms with E-state index in [0.29, 0.717) is 6.54 Å². The number of rotatable bonds is 7. The van der Waals surface area contributed by atoms with Crippen molar-refractivity contribution in [1.82, 2.24) is 5.32 Å². The Hall–Kier alpha value is -1.26.